The number of carbonyl (C=O) groups is 1. The van der Waals surface area contributed by atoms with Gasteiger partial charge in [0, 0.05) is 29.4 Å². The summed E-state index contributed by atoms with van der Waals surface area (Å²) in [5, 5.41) is 7.00. The summed E-state index contributed by atoms with van der Waals surface area (Å²) in [6.45, 7) is 0.0525. The average Bonchev–Trinajstić information content (AvgIpc) is 2.32. The highest BCUT2D eigenvalue weighted by Gasteiger charge is 2.24. The molecular formula is C11H14F2N2O4S2. The lowest BCUT2D eigenvalue weighted by atomic mass is 10.2. The maximum atomic E-state index is 13.9. The van der Waals surface area contributed by atoms with Crippen LogP contribution in [0.5, 0.6) is 0 Å². The lowest BCUT2D eigenvalue weighted by molar-refractivity contribution is 0.0944. The Morgan fingerprint density at radius 1 is 1.38 bits per heavy atom. The van der Waals surface area contributed by atoms with Gasteiger partial charge in [-0.25, -0.2) is 22.3 Å². The normalized spacial score (nSPS) is 13.0. The minimum Gasteiger partial charge on any atom is -0.352 e. The predicted octanol–water partition coefficient (Wildman–Crippen LogP) is 0.111. The third-order valence-electron chi connectivity index (χ3n) is 2.48. The van der Waals surface area contributed by atoms with Crippen molar-refractivity contribution in [1.82, 2.24) is 5.32 Å². The number of sulfonamides is 1. The smallest absolute Gasteiger partial charge is 0.257 e. The lowest BCUT2D eigenvalue weighted by Crippen LogP contribution is -2.28. The molecule has 0 aromatic heterocycles. The topological polar surface area (TPSA) is 106 Å². The molecule has 0 spiro atoms. The number of nitrogens with one attached hydrogen (secondary N) is 1. The number of nitrogens with two attached hydrogens (primary N) is 1. The molecule has 21 heavy (non-hydrogen) atoms. The van der Waals surface area contributed by atoms with Crippen molar-refractivity contribution in [2.75, 3.05) is 18.6 Å². The molecule has 1 rings (SSSR count). The van der Waals surface area contributed by atoms with Crippen molar-refractivity contribution in [1.29, 1.82) is 0 Å². The van der Waals surface area contributed by atoms with Gasteiger partial charge < -0.3 is 5.32 Å². The quantitative estimate of drug-likeness (QED) is 0.717. The first-order valence-corrected chi connectivity index (χ1v) is 9.01. The molecule has 0 aliphatic carbocycles. The Kier molecular flexibility index (Phi) is 5.93. The molecule has 0 saturated heterocycles. The summed E-state index contributed by atoms with van der Waals surface area (Å²) in [4.78, 5) is 10.8. The number of benzene rings is 1. The van der Waals surface area contributed by atoms with E-state index in [1.165, 1.54) is 6.26 Å². The largest absolute Gasteiger partial charge is 0.352 e. The molecular weight excluding hydrogens is 326 g/mol. The number of hydrogen-bond donors (Lipinski definition) is 2. The molecule has 0 saturated carbocycles. The summed E-state index contributed by atoms with van der Waals surface area (Å²) >= 11 is 0. The monoisotopic (exact) mass is 340 g/mol. The molecule has 118 valence electrons. The molecule has 0 radical (unpaired) electrons. The molecule has 3 N–H and O–H groups in total. The molecule has 0 bridgehead atoms. The van der Waals surface area contributed by atoms with Crippen LogP contribution in [0.25, 0.3) is 0 Å². The first-order chi connectivity index (χ1) is 9.64. The van der Waals surface area contributed by atoms with Crippen LogP contribution in [0.2, 0.25) is 0 Å². The van der Waals surface area contributed by atoms with Crippen molar-refractivity contribution >= 4 is 26.7 Å². The summed E-state index contributed by atoms with van der Waals surface area (Å²) < 4.78 is 60.5. The van der Waals surface area contributed by atoms with Crippen LogP contribution in [0.1, 0.15) is 16.8 Å². The molecule has 1 aromatic rings. The fraction of sp³-hybridized carbons (Fsp3) is 0.364. The van der Waals surface area contributed by atoms with Crippen LogP contribution in [-0.2, 0) is 20.8 Å². The molecule has 1 aromatic carbocycles. The lowest BCUT2D eigenvalue weighted by Gasteiger charge is -2.09. The minimum absolute atomic E-state index is 0.0525. The minimum atomic E-state index is -4.40. The SMILES string of the molecule is CS(=O)CCCNC(=O)c1c(F)ccc(S(N)(=O)=O)c1F. The predicted molar refractivity (Wildman–Crippen MR) is 73.6 cm³/mol. The van der Waals surface area contributed by atoms with Crippen LogP contribution < -0.4 is 10.5 Å². The number of halogens is 2. The van der Waals surface area contributed by atoms with E-state index in [1.54, 1.807) is 0 Å². The number of carbonyl (C=O) groups excluding carboxylic acids is 1. The van der Waals surface area contributed by atoms with Gasteiger partial charge in [0.15, 0.2) is 5.82 Å². The van der Waals surface area contributed by atoms with E-state index in [1.807, 2.05) is 0 Å². The van der Waals surface area contributed by atoms with Crippen LogP contribution in [0, 0.1) is 11.6 Å². The van der Waals surface area contributed by atoms with E-state index < -0.39 is 48.8 Å². The fourth-order valence-electron chi connectivity index (χ4n) is 1.53. The van der Waals surface area contributed by atoms with E-state index in [2.05, 4.69) is 5.32 Å². The standard InChI is InChI=1S/C11H14F2N2O4S2/c1-20(17)6-2-5-15-11(16)9-7(12)3-4-8(10(9)13)21(14,18)19/h3-4H,2,5-6H2,1H3,(H,15,16)(H2,14,18,19). The van der Waals surface area contributed by atoms with Gasteiger partial charge in [-0.1, -0.05) is 0 Å². The Morgan fingerprint density at radius 3 is 2.52 bits per heavy atom. The van der Waals surface area contributed by atoms with E-state index in [4.69, 9.17) is 5.14 Å². The second kappa shape index (κ2) is 7.05. The Morgan fingerprint density at radius 2 is 2.00 bits per heavy atom. The third-order valence-corrected chi connectivity index (χ3v) is 4.28. The van der Waals surface area contributed by atoms with Gasteiger partial charge in [0.2, 0.25) is 10.0 Å². The van der Waals surface area contributed by atoms with Crippen LogP contribution >= 0.6 is 0 Å². The highest BCUT2D eigenvalue weighted by Crippen LogP contribution is 2.20. The second-order valence-electron chi connectivity index (χ2n) is 4.17. The Labute approximate surface area is 123 Å². The molecule has 0 fully saturated rings. The Balaban J connectivity index is 2.97. The fourth-order valence-corrected chi connectivity index (χ4v) is 2.69. The molecule has 6 nitrogen and oxygen atoms in total. The van der Waals surface area contributed by atoms with Gasteiger partial charge in [-0.15, -0.1) is 0 Å². The molecule has 0 aliphatic rings. The van der Waals surface area contributed by atoms with Gasteiger partial charge in [-0.2, -0.15) is 0 Å². The van der Waals surface area contributed by atoms with Gasteiger partial charge in [0.1, 0.15) is 16.3 Å². The second-order valence-corrected chi connectivity index (χ2v) is 7.25. The average molecular weight is 340 g/mol. The summed E-state index contributed by atoms with van der Waals surface area (Å²) in [5.41, 5.74) is -1.01. The van der Waals surface area contributed by atoms with Crippen molar-refractivity contribution in [2.24, 2.45) is 5.14 Å². The summed E-state index contributed by atoms with van der Waals surface area (Å²) in [7, 11) is -5.45. The maximum Gasteiger partial charge on any atom is 0.257 e. The molecule has 0 aliphatic heterocycles. The van der Waals surface area contributed by atoms with Gasteiger partial charge in [-0.3, -0.25) is 9.00 Å². The Bertz CT molecular complexity index is 677. The van der Waals surface area contributed by atoms with Crippen molar-refractivity contribution in [3.05, 3.63) is 29.3 Å². The van der Waals surface area contributed by atoms with Gasteiger partial charge in [0.25, 0.3) is 5.91 Å². The van der Waals surface area contributed by atoms with E-state index >= 15 is 0 Å². The maximum absolute atomic E-state index is 13.9. The number of hydrogen-bond acceptors (Lipinski definition) is 4. The zero-order valence-corrected chi connectivity index (χ0v) is 12.7. The first-order valence-electron chi connectivity index (χ1n) is 5.73. The molecule has 10 heteroatoms. The van der Waals surface area contributed by atoms with Crippen molar-refractivity contribution in [3.63, 3.8) is 0 Å². The van der Waals surface area contributed by atoms with Gasteiger partial charge in [-0.05, 0) is 18.6 Å². The van der Waals surface area contributed by atoms with Crippen molar-refractivity contribution in [2.45, 2.75) is 11.3 Å². The number of rotatable bonds is 6. The third kappa shape index (κ3) is 4.83. The van der Waals surface area contributed by atoms with E-state index in [-0.39, 0.29) is 6.54 Å². The molecule has 1 amide bonds. The van der Waals surface area contributed by atoms with Gasteiger partial charge in [0.05, 0.1) is 0 Å². The highest BCUT2D eigenvalue weighted by atomic mass is 32.2. The van der Waals surface area contributed by atoms with Crippen LogP contribution in [0.15, 0.2) is 17.0 Å². The zero-order valence-electron chi connectivity index (χ0n) is 11.1. The zero-order chi connectivity index (χ0) is 16.2. The molecule has 0 heterocycles. The van der Waals surface area contributed by atoms with Crippen molar-refractivity contribution in [3.8, 4) is 0 Å². The van der Waals surface area contributed by atoms with Gasteiger partial charge >= 0.3 is 0 Å². The molecule has 1 unspecified atom stereocenters. The van der Waals surface area contributed by atoms with Crippen LogP contribution in [0.3, 0.4) is 0 Å². The molecule has 1 atom stereocenters. The van der Waals surface area contributed by atoms with Crippen LogP contribution in [0.4, 0.5) is 8.78 Å². The first kappa shape index (κ1) is 17.7. The Hall–Kier alpha value is -1.39. The van der Waals surface area contributed by atoms with E-state index in [0.29, 0.717) is 24.3 Å². The number of primary sulfonamides is 1. The van der Waals surface area contributed by atoms with E-state index in [9.17, 15) is 26.2 Å². The summed E-state index contributed by atoms with van der Waals surface area (Å²) in [6, 6.07) is 1.30. The summed E-state index contributed by atoms with van der Waals surface area (Å²) in [5.74, 6) is -3.51. The summed E-state index contributed by atoms with van der Waals surface area (Å²) in [6.07, 6.45) is 1.84. The van der Waals surface area contributed by atoms with Crippen molar-refractivity contribution < 1.29 is 26.2 Å². The highest BCUT2D eigenvalue weighted by molar-refractivity contribution is 7.89. The van der Waals surface area contributed by atoms with Crippen LogP contribution in [-0.4, -0.2) is 37.1 Å². The number of amides is 1. The van der Waals surface area contributed by atoms with E-state index in [0.717, 1.165) is 0 Å².